The third kappa shape index (κ3) is 5.85. The molecular weight excluding hydrogens is 434 g/mol. The summed E-state index contributed by atoms with van der Waals surface area (Å²) in [6.07, 6.45) is -4.22. The number of carboxylic acids is 1. The van der Waals surface area contributed by atoms with Crippen molar-refractivity contribution in [1.82, 2.24) is 10.6 Å². The zero-order valence-electron chi connectivity index (χ0n) is 18.1. The highest BCUT2D eigenvalue weighted by Crippen LogP contribution is 2.44. The number of benzene rings is 2. The van der Waals surface area contributed by atoms with Crippen LogP contribution >= 0.6 is 0 Å². The topological polar surface area (TPSA) is 105 Å². The van der Waals surface area contributed by atoms with Crippen LogP contribution in [0.2, 0.25) is 0 Å². The number of aliphatic carboxylic acids is 1. The van der Waals surface area contributed by atoms with E-state index in [0.29, 0.717) is 6.42 Å². The lowest BCUT2D eigenvalue weighted by Crippen LogP contribution is -2.47. The fraction of sp³-hybridized carbons (Fsp3) is 0.375. The van der Waals surface area contributed by atoms with Gasteiger partial charge in [-0.2, -0.15) is 0 Å². The lowest BCUT2D eigenvalue weighted by Gasteiger charge is -2.20. The maximum atomic E-state index is 13.4. The molecule has 1 aliphatic rings. The van der Waals surface area contributed by atoms with E-state index in [2.05, 4.69) is 5.32 Å². The lowest BCUT2D eigenvalue weighted by molar-refractivity contribution is -0.142. The van der Waals surface area contributed by atoms with Crippen molar-refractivity contribution in [3.05, 3.63) is 59.7 Å². The number of alkyl carbamates (subject to hydrolysis) is 1. The van der Waals surface area contributed by atoms with Crippen molar-refractivity contribution in [2.45, 2.75) is 50.6 Å². The van der Waals surface area contributed by atoms with Crippen LogP contribution in [0.4, 0.5) is 13.6 Å². The van der Waals surface area contributed by atoms with E-state index in [0.717, 1.165) is 22.3 Å². The molecular formula is C24H26F2N2O5. The number of carboxylic acid groups (broad SMARTS) is 1. The van der Waals surface area contributed by atoms with Crippen LogP contribution in [0.1, 0.15) is 43.2 Å². The summed E-state index contributed by atoms with van der Waals surface area (Å²) >= 11 is 0. The number of amides is 2. The lowest BCUT2D eigenvalue weighted by atomic mass is 9.98. The SMILES string of the molecule is CCC[C@H](NC(=O)CC(NC(=O)OCC1c2ccccc2-c2ccccc21)C(F)F)C(=O)O. The van der Waals surface area contributed by atoms with Gasteiger partial charge in [0.05, 0.1) is 6.42 Å². The number of fused-ring (bicyclic) bond motifs is 3. The van der Waals surface area contributed by atoms with Crippen LogP contribution in [0, 0.1) is 0 Å². The van der Waals surface area contributed by atoms with Crippen LogP contribution in [0.25, 0.3) is 11.1 Å². The summed E-state index contributed by atoms with van der Waals surface area (Å²) in [6, 6.07) is 12.4. The van der Waals surface area contributed by atoms with Gasteiger partial charge in [0, 0.05) is 5.92 Å². The third-order valence-corrected chi connectivity index (χ3v) is 5.57. The number of hydrogen-bond donors (Lipinski definition) is 3. The zero-order valence-corrected chi connectivity index (χ0v) is 18.1. The molecule has 0 saturated carbocycles. The van der Waals surface area contributed by atoms with Crippen molar-refractivity contribution in [2.24, 2.45) is 0 Å². The van der Waals surface area contributed by atoms with E-state index in [-0.39, 0.29) is 18.9 Å². The summed E-state index contributed by atoms with van der Waals surface area (Å²) in [5.74, 6) is -2.37. The largest absolute Gasteiger partial charge is 0.480 e. The number of hydrogen-bond acceptors (Lipinski definition) is 4. The van der Waals surface area contributed by atoms with E-state index in [1.807, 2.05) is 53.8 Å². The normalized spacial score (nSPS) is 14.2. The first kappa shape index (κ1) is 24.2. The van der Waals surface area contributed by atoms with Crippen molar-refractivity contribution in [3.63, 3.8) is 0 Å². The van der Waals surface area contributed by atoms with Gasteiger partial charge in [0.25, 0.3) is 6.43 Å². The molecule has 176 valence electrons. The molecule has 2 aromatic rings. The average Bonchev–Trinajstić information content (AvgIpc) is 3.10. The number of alkyl halides is 2. The minimum absolute atomic E-state index is 0.0559. The van der Waals surface area contributed by atoms with E-state index in [1.54, 1.807) is 6.92 Å². The van der Waals surface area contributed by atoms with Gasteiger partial charge in [-0.1, -0.05) is 61.9 Å². The Hall–Kier alpha value is -3.49. The van der Waals surface area contributed by atoms with Gasteiger partial charge in [-0.15, -0.1) is 0 Å². The van der Waals surface area contributed by atoms with Crippen LogP contribution in [0.15, 0.2) is 48.5 Å². The average molecular weight is 460 g/mol. The van der Waals surface area contributed by atoms with Gasteiger partial charge in [0.2, 0.25) is 5.91 Å². The summed E-state index contributed by atoms with van der Waals surface area (Å²) < 4.78 is 32.1. The molecule has 0 radical (unpaired) electrons. The third-order valence-electron chi connectivity index (χ3n) is 5.57. The second kappa shape index (κ2) is 10.9. The van der Waals surface area contributed by atoms with Crippen LogP contribution in [-0.2, 0) is 14.3 Å². The van der Waals surface area contributed by atoms with Crippen LogP contribution in [-0.4, -0.2) is 48.2 Å². The zero-order chi connectivity index (χ0) is 24.0. The predicted octanol–water partition coefficient (Wildman–Crippen LogP) is 3.92. The minimum atomic E-state index is -3.04. The Bertz CT molecular complexity index is 968. The highest BCUT2D eigenvalue weighted by atomic mass is 19.3. The molecule has 1 aliphatic carbocycles. The maximum Gasteiger partial charge on any atom is 0.407 e. The van der Waals surface area contributed by atoms with E-state index in [4.69, 9.17) is 9.84 Å². The standard InChI is InChI=1S/C24H26F2N2O5/c1-2-7-19(23(30)31)27-21(29)12-20(22(25)26)28-24(32)33-13-18-16-10-5-3-8-14(16)15-9-4-6-11-17(15)18/h3-6,8-11,18-20,22H,2,7,12-13H2,1H3,(H,27,29)(H,28,32)(H,30,31)/t19-,20?/m0/s1. The molecule has 3 rings (SSSR count). The molecule has 9 heteroatoms. The van der Waals surface area contributed by atoms with Gasteiger partial charge >= 0.3 is 12.1 Å². The summed E-state index contributed by atoms with van der Waals surface area (Å²) in [5, 5.41) is 13.3. The molecule has 0 bridgehead atoms. The monoisotopic (exact) mass is 460 g/mol. The van der Waals surface area contributed by atoms with Crippen molar-refractivity contribution in [2.75, 3.05) is 6.61 Å². The second-order valence-electron chi connectivity index (χ2n) is 7.86. The minimum Gasteiger partial charge on any atom is -0.480 e. The Labute approximate surface area is 190 Å². The van der Waals surface area contributed by atoms with Crippen molar-refractivity contribution >= 4 is 18.0 Å². The molecule has 1 unspecified atom stereocenters. The molecule has 0 aromatic heterocycles. The predicted molar refractivity (Wildman–Crippen MR) is 117 cm³/mol. The van der Waals surface area contributed by atoms with Gasteiger partial charge in [-0.25, -0.2) is 18.4 Å². The van der Waals surface area contributed by atoms with Crippen LogP contribution < -0.4 is 10.6 Å². The smallest absolute Gasteiger partial charge is 0.407 e. The Morgan fingerprint density at radius 2 is 1.58 bits per heavy atom. The molecule has 7 nitrogen and oxygen atoms in total. The molecule has 0 spiro atoms. The second-order valence-corrected chi connectivity index (χ2v) is 7.86. The van der Waals surface area contributed by atoms with E-state index < -0.39 is 42.9 Å². The van der Waals surface area contributed by atoms with Gasteiger partial charge in [-0.3, -0.25) is 4.79 Å². The summed E-state index contributed by atoms with van der Waals surface area (Å²) in [4.78, 5) is 35.5. The van der Waals surface area contributed by atoms with Gasteiger partial charge in [0.1, 0.15) is 18.7 Å². The van der Waals surface area contributed by atoms with Gasteiger partial charge in [-0.05, 0) is 28.7 Å². The van der Waals surface area contributed by atoms with Gasteiger partial charge < -0.3 is 20.5 Å². The first-order valence-corrected chi connectivity index (χ1v) is 10.7. The summed E-state index contributed by atoms with van der Waals surface area (Å²) in [5.41, 5.74) is 4.02. The quantitative estimate of drug-likeness (QED) is 0.499. The van der Waals surface area contributed by atoms with Crippen molar-refractivity contribution < 1.29 is 33.0 Å². The Balaban J connectivity index is 1.60. The number of carbonyl (C=O) groups is 3. The molecule has 2 aromatic carbocycles. The van der Waals surface area contributed by atoms with Crippen LogP contribution in [0.3, 0.4) is 0 Å². The molecule has 33 heavy (non-hydrogen) atoms. The van der Waals surface area contributed by atoms with E-state index >= 15 is 0 Å². The van der Waals surface area contributed by atoms with E-state index in [1.165, 1.54) is 0 Å². The van der Waals surface area contributed by atoms with Crippen LogP contribution in [0.5, 0.6) is 0 Å². The number of carbonyl (C=O) groups excluding carboxylic acids is 2. The molecule has 0 saturated heterocycles. The maximum absolute atomic E-state index is 13.4. The number of rotatable bonds is 10. The van der Waals surface area contributed by atoms with Crippen molar-refractivity contribution in [1.29, 1.82) is 0 Å². The number of halogens is 2. The molecule has 2 amide bonds. The fourth-order valence-electron chi connectivity index (χ4n) is 3.99. The Morgan fingerprint density at radius 1 is 1.00 bits per heavy atom. The Morgan fingerprint density at radius 3 is 2.09 bits per heavy atom. The summed E-state index contributed by atoms with van der Waals surface area (Å²) in [7, 11) is 0. The Kier molecular flexibility index (Phi) is 7.97. The van der Waals surface area contributed by atoms with E-state index in [9.17, 15) is 23.2 Å². The molecule has 2 atom stereocenters. The number of ether oxygens (including phenoxy) is 1. The highest BCUT2D eigenvalue weighted by Gasteiger charge is 2.31. The van der Waals surface area contributed by atoms with Crippen molar-refractivity contribution in [3.8, 4) is 11.1 Å². The molecule has 0 fully saturated rings. The molecule has 3 N–H and O–H groups in total. The number of nitrogens with one attached hydrogen (secondary N) is 2. The fourth-order valence-corrected chi connectivity index (χ4v) is 3.99. The first-order valence-electron chi connectivity index (χ1n) is 10.7. The molecule has 0 heterocycles. The first-order chi connectivity index (χ1) is 15.8. The van der Waals surface area contributed by atoms with Gasteiger partial charge in [0.15, 0.2) is 0 Å². The summed E-state index contributed by atoms with van der Waals surface area (Å²) in [6.45, 7) is 1.68. The molecule has 0 aliphatic heterocycles. The highest BCUT2D eigenvalue weighted by molar-refractivity contribution is 5.84.